The molecule has 3 rings (SSSR count). The Hall–Kier alpha value is -2.67. The molecule has 0 unspecified atom stereocenters. The Balaban J connectivity index is 2.03. The van der Waals surface area contributed by atoms with Crippen molar-refractivity contribution in [3.8, 4) is 22.7 Å². The van der Waals surface area contributed by atoms with Gasteiger partial charge in [0.2, 0.25) is 0 Å². The molecule has 0 bridgehead atoms. The van der Waals surface area contributed by atoms with Crippen LogP contribution in [0, 0.1) is 5.82 Å². The van der Waals surface area contributed by atoms with Gasteiger partial charge in [0.25, 0.3) is 0 Å². The Morgan fingerprint density at radius 3 is 2.42 bits per heavy atom. The van der Waals surface area contributed by atoms with E-state index in [1.54, 1.807) is 41.4 Å². The molecule has 1 heterocycles. The van der Waals surface area contributed by atoms with E-state index in [1.165, 1.54) is 25.3 Å². The van der Waals surface area contributed by atoms with E-state index in [4.69, 9.17) is 4.74 Å². The van der Waals surface area contributed by atoms with Gasteiger partial charge < -0.3 is 4.74 Å². The minimum absolute atomic E-state index is 0.169. The van der Waals surface area contributed by atoms with Crippen LogP contribution in [0.4, 0.5) is 4.39 Å². The van der Waals surface area contributed by atoms with Gasteiger partial charge >= 0.3 is 0 Å². The first-order valence-corrected chi connectivity index (χ1v) is 8.96. The molecule has 0 aliphatic heterocycles. The predicted molar refractivity (Wildman–Crippen MR) is 88.6 cm³/mol. The Morgan fingerprint density at radius 1 is 1.12 bits per heavy atom. The maximum Gasteiger partial charge on any atom is 0.175 e. The fourth-order valence-corrected chi connectivity index (χ4v) is 3.02. The van der Waals surface area contributed by atoms with Gasteiger partial charge in [-0.1, -0.05) is 0 Å². The van der Waals surface area contributed by atoms with Crippen molar-refractivity contribution in [1.82, 2.24) is 9.55 Å². The lowest BCUT2D eigenvalue weighted by Crippen LogP contribution is -1.99. The summed E-state index contributed by atoms with van der Waals surface area (Å²) in [5.41, 5.74) is 2.05. The number of methoxy groups -OCH3 is 1. The van der Waals surface area contributed by atoms with Crippen LogP contribution in [0.5, 0.6) is 5.75 Å². The van der Waals surface area contributed by atoms with E-state index >= 15 is 0 Å². The second-order valence-electron chi connectivity index (χ2n) is 5.26. The standard InChI is InChI=1S/C17H15FN2O3S/c1-23-17-8-3-12(9-15(17)18)16-10-19-11-20(16)13-4-6-14(7-5-13)24(2,21)22/h3-11H,1-2H3. The number of rotatable bonds is 4. The van der Waals surface area contributed by atoms with E-state index in [-0.39, 0.29) is 10.6 Å². The van der Waals surface area contributed by atoms with Crippen molar-refractivity contribution in [3.05, 3.63) is 60.8 Å². The summed E-state index contributed by atoms with van der Waals surface area (Å²) in [6, 6.07) is 11.1. The van der Waals surface area contributed by atoms with Gasteiger partial charge in [-0.25, -0.2) is 17.8 Å². The Labute approximate surface area is 139 Å². The van der Waals surface area contributed by atoms with Crippen LogP contribution < -0.4 is 4.74 Å². The maximum atomic E-state index is 13.9. The number of hydrogen-bond donors (Lipinski definition) is 0. The molecule has 1 aromatic heterocycles. The van der Waals surface area contributed by atoms with E-state index < -0.39 is 15.7 Å². The molecule has 3 aromatic rings. The Kier molecular flexibility index (Phi) is 4.11. The van der Waals surface area contributed by atoms with Crippen molar-refractivity contribution in [2.75, 3.05) is 13.4 Å². The molecule has 0 fully saturated rings. The van der Waals surface area contributed by atoms with E-state index in [2.05, 4.69) is 4.98 Å². The molecule has 0 radical (unpaired) electrons. The zero-order chi connectivity index (χ0) is 17.3. The highest BCUT2D eigenvalue weighted by molar-refractivity contribution is 7.90. The van der Waals surface area contributed by atoms with Crippen LogP contribution in [0.1, 0.15) is 0 Å². The lowest BCUT2D eigenvalue weighted by atomic mass is 10.1. The summed E-state index contributed by atoms with van der Waals surface area (Å²) in [5, 5.41) is 0. The van der Waals surface area contributed by atoms with Gasteiger partial charge in [0.1, 0.15) is 0 Å². The fraction of sp³-hybridized carbons (Fsp3) is 0.118. The molecule has 0 aliphatic carbocycles. The molecular formula is C17H15FN2O3S. The maximum absolute atomic E-state index is 13.9. The summed E-state index contributed by atoms with van der Waals surface area (Å²) in [6.07, 6.45) is 4.36. The topological polar surface area (TPSA) is 61.2 Å². The van der Waals surface area contributed by atoms with Gasteiger partial charge in [-0.3, -0.25) is 4.57 Å². The number of hydrogen-bond acceptors (Lipinski definition) is 4. The van der Waals surface area contributed by atoms with Gasteiger partial charge in [0, 0.05) is 17.5 Å². The molecule has 24 heavy (non-hydrogen) atoms. The van der Waals surface area contributed by atoms with E-state index in [1.807, 2.05) is 0 Å². The van der Waals surface area contributed by atoms with Gasteiger partial charge in [0.05, 0.1) is 30.2 Å². The van der Waals surface area contributed by atoms with Gasteiger partial charge in [-0.05, 0) is 42.5 Å². The monoisotopic (exact) mass is 346 g/mol. The first kappa shape index (κ1) is 16.2. The first-order valence-electron chi connectivity index (χ1n) is 7.07. The number of aromatic nitrogens is 2. The van der Waals surface area contributed by atoms with Crippen LogP contribution in [-0.4, -0.2) is 31.3 Å². The summed E-state index contributed by atoms with van der Waals surface area (Å²) in [5.74, 6) is -0.294. The number of imidazole rings is 1. The molecular weight excluding hydrogens is 331 g/mol. The zero-order valence-electron chi connectivity index (χ0n) is 13.1. The van der Waals surface area contributed by atoms with Crippen molar-refractivity contribution < 1.29 is 17.5 Å². The largest absolute Gasteiger partial charge is 0.494 e. The molecule has 0 aliphatic rings. The lowest BCUT2D eigenvalue weighted by molar-refractivity contribution is 0.386. The summed E-state index contributed by atoms with van der Waals surface area (Å²) in [6.45, 7) is 0. The van der Waals surface area contributed by atoms with Crippen molar-refractivity contribution in [1.29, 1.82) is 0 Å². The summed E-state index contributed by atoms with van der Waals surface area (Å²) >= 11 is 0. The Morgan fingerprint density at radius 2 is 1.83 bits per heavy atom. The summed E-state index contributed by atoms with van der Waals surface area (Å²) in [4.78, 5) is 4.35. The first-order chi connectivity index (χ1) is 11.4. The summed E-state index contributed by atoms with van der Waals surface area (Å²) in [7, 11) is -1.84. The molecule has 0 amide bonds. The molecule has 0 N–H and O–H groups in total. The molecule has 5 nitrogen and oxygen atoms in total. The molecule has 7 heteroatoms. The van der Waals surface area contributed by atoms with Crippen LogP contribution in [0.2, 0.25) is 0 Å². The van der Waals surface area contributed by atoms with Gasteiger partial charge in [-0.15, -0.1) is 0 Å². The van der Waals surface area contributed by atoms with E-state index in [9.17, 15) is 12.8 Å². The minimum atomic E-state index is -3.25. The highest BCUT2D eigenvalue weighted by Crippen LogP contribution is 2.27. The molecule has 0 atom stereocenters. The van der Waals surface area contributed by atoms with Crippen LogP contribution in [0.15, 0.2) is 59.9 Å². The normalized spacial score (nSPS) is 11.5. The second-order valence-corrected chi connectivity index (χ2v) is 7.28. The SMILES string of the molecule is COc1ccc(-c2cncn2-c2ccc(S(C)(=O)=O)cc2)cc1F. The predicted octanol–water partition coefficient (Wildman–Crippen LogP) is 3.09. The third-order valence-corrected chi connectivity index (χ3v) is 4.76. The van der Waals surface area contributed by atoms with Crippen LogP contribution >= 0.6 is 0 Å². The number of benzene rings is 2. The molecule has 0 saturated heterocycles. The van der Waals surface area contributed by atoms with Gasteiger partial charge in [-0.2, -0.15) is 0 Å². The number of sulfone groups is 1. The fourth-order valence-electron chi connectivity index (χ4n) is 2.39. The number of halogens is 1. The molecule has 124 valence electrons. The highest BCUT2D eigenvalue weighted by atomic mass is 32.2. The third-order valence-electron chi connectivity index (χ3n) is 3.63. The summed E-state index contributed by atoms with van der Waals surface area (Å²) < 4.78 is 43.7. The van der Waals surface area contributed by atoms with Crippen molar-refractivity contribution in [2.24, 2.45) is 0 Å². The van der Waals surface area contributed by atoms with Crippen molar-refractivity contribution in [2.45, 2.75) is 4.90 Å². The van der Waals surface area contributed by atoms with Crippen molar-refractivity contribution in [3.63, 3.8) is 0 Å². The molecule has 2 aromatic carbocycles. The van der Waals surface area contributed by atoms with E-state index in [0.717, 1.165) is 11.9 Å². The number of nitrogens with zero attached hydrogens (tertiary/aromatic N) is 2. The third kappa shape index (κ3) is 3.03. The van der Waals surface area contributed by atoms with E-state index in [0.29, 0.717) is 11.3 Å². The molecule has 0 spiro atoms. The highest BCUT2D eigenvalue weighted by Gasteiger charge is 2.12. The number of ether oxygens (including phenoxy) is 1. The quantitative estimate of drug-likeness (QED) is 0.728. The second kappa shape index (κ2) is 6.09. The zero-order valence-corrected chi connectivity index (χ0v) is 13.9. The average Bonchev–Trinajstić information content (AvgIpc) is 3.03. The Bertz CT molecular complexity index is 979. The lowest BCUT2D eigenvalue weighted by Gasteiger charge is -2.10. The van der Waals surface area contributed by atoms with Crippen molar-refractivity contribution >= 4 is 9.84 Å². The average molecular weight is 346 g/mol. The van der Waals surface area contributed by atoms with Crippen LogP contribution in [-0.2, 0) is 9.84 Å². The minimum Gasteiger partial charge on any atom is -0.494 e. The van der Waals surface area contributed by atoms with Gasteiger partial charge in [0.15, 0.2) is 21.4 Å². The van der Waals surface area contributed by atoms with Crippen LogP contribution in [0.25, 0.3) is 16.9 Å². The smallest absolute Gasteiger partial charge is 0.175 e. The van der Waals surface area contributed by atoms with Crippen LogP contribution in [0.3, 0.4) is 0 Å². The molecule has 0 saturated carbocycles.